The predicted octanol–water partition coefficient (Wildman–Crippen LogP) is 3.52. The van der Waals surface area contributed by atoms with Crippen molar-refractivity contribution >= 4 is 12.6 Å². The molecule has 1 unspecified atom stereocenters. The number of rotatable bonds is 6. The molecule has 0 nitrogen and oxygen atoms in total. The third-order valence-electron chi connectivity index (χ3n) is 1.89. The molecule has 0 fully saturated rings. The first-order chi connectivity index (χ1) is 4.81. The number of hydrogen-bond acceptors (Lipinski definition) is 1. The maximum atomic E-state index is 4.18. The van der Waals surface area contributed by atoms with Crippen molar-refractivity contribution in [1.29, 1.82) is 0 Å². The maximum Gasteiger partial charge on any atom is -0.00979 e. The van der Waals surface area contributed by atoms with Gasteiger partial charge in [-0.15, -0.1) is 0 Å². The van der Waals surface area contributed by atoms with E-state index in [1.807, 2.05) is 0 Å². The van der Waals surface area contributed by atoms with E-state index in [2.05, 4.69) is 26.5 Å². The fraction of sp³-hybridized carbons (Fsp3) is 1.00. The predicted molar refractivity (Wildman–Crippen MR) is 51.8 cm³/mol. The summed E-state index contributed by atoms with van der Waals surface area (Å²) in [6.45, 7) is 4.61. The molecule has 0 aromatic carbocycles. The molecule has 0 aromatic heterocycles. The number of thiol groups is 1. The summed E-state index contributed by atoms with van der Waals surface area (Å²) in [6.07, 6.45) is 6.78. The van der Waals surface area contributed by atoms with Gasteiger partial charge in [0.2, 0.25) is 0 Å². The van der Waals surface area contributed by atoms with E-state index in [0.29, 0.717) is 0 Å². The van der Waals surface area contributed by atoms with E-state index in [-0.39, 0.29) is 0 Å². The van der Waals surface area contributed by atoms with Gasteiger partial charge in [0.1, 0.15) is 0 Å². The van der Waals surface area contributed by atoms with Crippen LogP contribution in [0.1, 0.15) is 46.0 Å². The molecule has 0 amide bonds. The van der Waals surface area contributed by atoms with Crippen molar-refractivity contribution in [1.82, 2.24) is 0 Å². The van der Waals surface area contributed by atoms with Crippen LogP contribution in [0.4, 0.5) is 0 Å². The van der Waals surface area contributed by atoms with Crippen LogP contribution in [0.3, 0.4) is 0 Å². The van der Waals surface area contributed by atoms with Gasteiger partial charge in [-0.3, -0.25) is 0 Å². The summed E-state index contributed by atoms with van der Waals surface area (Å²) in [6, 6.07) is 0. The van der Waals surface area contributed by atoms with Gasteiger partial charge in [-0.25, -0.2) is 0 Å². The minimum atomic E-state index is 0.935. The zero-order valence-electron chi connectivity index (χ0n) is 7.27. The Balaban J connectivity index is 2.97. The molecule has 0 N–H and O–H groups in total. The lowest BCUT2D eigenvalue weighted by molar-refractivity contribution is 0.467. The van der Waals surface area contributed by atoms with E-state index in [4.69, 9.17) is 0 Å². The Morgan fingerprint density at radius 1 is 1.20 bits per heavy atom. The van der Waals surface area contributed by atoms with Crippen molar-refractivity contribution in [2.24, 2.45) is 5.92 Å². The van der Waals surface area contributed by atoms with Crippen molar-refractivity contribution in [3.05, 3.63) is 0 Å². The SMILES string of the molecule is CCCC(C)CCCCS. The van der Waals surface area contributed by atoms with E-state index in [9.17, 15) is 0 Å². The normalized spacial score (nSPS) is 13.5. The summed E-state index contributed by atoms with van der Waals surface area (Å²) in [5, 5.41) is 0. The molecule has 62 valence electrons. The van der Waals surface area contributed by atoms with Crippen molar-refractivity contribution < 1.29 is 0 Å². The first kappa shape index (κ1) is 10.3. The van der Waals surface area contributed by atoms with Gasteiger partial charge < -0.3 is 0 Å². The molecular weight excluding hydrogens is 140 g/mol. The van der Waals surface area contributed by atoms with E-state index in [0.717, 1.165) is 11.7 Å². The summed E-state index contributed by atoms with van der Waals surface area (Å²) in [7, 11) is 0. The monoisotopic (exact) mass is 160 g/mol. The van der Waals surface area contributed by atoms with Gasteiger partial charge in [-0.2, -0.15) is 12.6 Å². The lowest BCUT2D eigenvalue weighted by Gasteiger charge is -2.07. The fourth-order valence-electron chi connectivity index (χ4n) is 1.24. The molecule has 0 saturated heterocycles. The average Bonchev–Trinajstić information content (AvgIpc) is 1.89. The summed E-state index contributed by atoms with van der Waals surface area (Å²) in [5.74, 6) is 1.99. The van der Waals surface area contributed by atoms with Crippen molar-refractivity contribution in [3.8, 4) is 0 Å². The Morgan fingerprint density at radius 3 is 2.40 bits per heavy atom. The molecule has 0 radical (unpaired) electrons. The molecule has 1 heteroatoms. The van der Waals surface area contributed by atoms with Gasteiger partial charge in [0.15, 0.2) is 0 Å². The highest BCUT2D eigenvalue weighted by Crippen LogP contribution is 2.13. The molecule has 10 heavy (non-hydrogen) atoms. The van der Waals surface area contributed by atoms with Crippen LogP contribution in [-0.4, -0.2) is 5.75 Å². The second-order valence-electron chi connectivity index (χ2n) is 3.11. The van der Waals surface area contributed by atoms with Gasteiger partial charge in [0, 0.05) is 0 Å². The topological polar surface area (TPSA) is 0 Å². The Morgan fingerprint density at radius 2 is 1.90 bits per heavy atom. The molecule has 0 rings (SSSR count). The molecule has 0 aliphatic rings. The van der Waals surface area contributed by atoms with Crippen LogP contribution in [-0.2, 0) is 0 Å². The van der Waals surface area contributed by atoms with Gasteiger partial charge in [-0.1, -0.05) is 39.5 Å². The third-order valence-corrected chi connectivity index (χ3v) is 2.20. The maximum absolute atomic E-state index is 4.18. The van der Waals surface area contributed by atoms with E-state index in [1.165, 1.54) is 32.1 Å². The smallest absolute Gasteiger partial charge is 0.00979 e. The van der Waals surface area contributed by atoms with Crippen LogP contribution in [0.15, 0.2) is 0 Å². The molecule has 0 spiro atoms. The Hall–Kier alpha value is 0.350. The molecule has 0 aromatic rings. The van der Waals surface area contributed by atoms with Gasteiger partial charge in [0.25, 0.3) is 0 Å². The fourth-order valence-corrected chi connectivity index (χ4v) is 1.47. The van der Waals surface area contributed by atoms with E-state index in [1.54, 1.807) is 0 Å². The van der Waals surface area contributed by atoms with Gasteiger partial charge in [-0.05, 0) is 18.1 Å². The quantitative estimate of drug-likeness (QED) is 0.446. The minimum absolute atomic E-state index is 0.935. The molecule has 0 saturated carbocycles. The second kappa shape index (κ2) is 7.46. The average molecular weight is 160 g/mol. The van der Waals surface area contributed by atoms with Crippen LogP contribution in [0.5, 0.6) is 0 Å². The van der Waals surface area contributed by atoms with Crippen LogP contribution in [0, 0.1) is 5.92 Å². The first-order valence-electron chi connectivity index (χ1n) is 4.42. The van der Waals surface area contributed by atoms with Crippen molar-refractivity contribution in [3.63, 3.8) is 0 Å². The highest BCUT2D eigenvalue weighted by Gasteiger charge is 1.98. The highest BCUT2D eigenvalue weighted by molar-refractivity contribution is 7.80. The molecule has 0 aliphatic carbocycles. The number of unbranched alkanes of at least 4 members (excludes halogenated alkanes) is 1. The largest absolute Gasteiger partial charge is 0.179 e. The Bertz CT molecular complexity index is 61.7. The van der Waals surface area contributed by atoms with Gasteiger partial charge in [0.05, 0.1) is 0 Å². The van der Waals surface area contributed by atoms with Crippen molar-refractivity contribution in [2.75, 3.05) is 5.75 Å². The highest BCUT2D eigenvalue weighted by atomic mass is 32.1. The number of hydrogen-bond donors (Lipinski definition) is 1. The summed E-state index contributed by atoms with van der Waals surface area (Å²) in [5.41, 5.74) is 0. The molecule has 0 heterocycles. The van der Waals surface area contributed by atoms with Crippen LogP contribution < -0.4 is 0 Å². The Labute approximate surface area is 70.8 Å². The van der Waals surface area contributed by atoms with Crippen LogP contribution in [0.25, 0.3) is 0 Å². The van der Waals surface area contributed by atoms with Crippen LogP contribution >= 0.6 is 12.6 Å². The van der Waals surface area contributed by atoms with Crippen LogP contribution in [0.2, 0.25) is 0 Å². The standard InChI is InChI=1S/C9H20S/c1-3-6-9(2)7-4-5-8-10/h9-10H,3-8H2,1-2H3. The second-order valence-corrected chi connectivity index (χ2v) is 3.56. The van der Waals surface area contributed by atoms with E-state index >= 15 is 0 Å². The lowest BCUT2D eigenvalue weighted by Crippen LogP contribution is -1.93. The summed E-state index contributed by atoms with van der Waals surface area (Å²) < 4.78 is 0. The van der Waals surface area contributed by atoms with Crippen molar-refractivity contribution in [2.45, 2.75) is 46.0 Å². The van der Waals surface area contributed by atoms with E-state index < -0.39 is 0 Å². The minimum Gasteiger partial charge on any atom is -0.179 e. The summed E-state index contributed by atoms with van der Waals surface area (Å²) in [4.78, 5) is 0. The Kier molecular flexibility index (Phi) is 7.72. The zero-order chi connectivity index (χ0) is 7.82. The first-order valence-corrected chi connectivity index (χ1v) is 5.05. The zero-order valence-corrected chi connectivity index (χ0v) is 8.16. The third kappa shape index (κ3) is 6.47. The molecule has 0 aliphatic heterocycles. The van der Waals surface area contributed by atoms with Gasteiger partial charge >= 0.3 is 0 Å². The molecule has 1 atom stereocenters. The molecule has 0 bridgehead atoms. The lowest BCUT2D eigenvalue weighted by atomic mass is 10.00. The summed E-state index contributed by atoms with van der Waals surface area (Å²) >= 11 is 4.18. The molecular formula is C9H20S.